The molecule has 0 bridgehead atoms. The first-order valence-corrected chi connectivity index (χ1v) is 8.78. The summed E-state index contributed by atoms with van der Waals surface area (Å²) in [5, 5.41) is 12.3. The van der Waals surface area contributed by atoms with Crippen molar-refractivity contribution in [2.24, 2.45) is 4.99 Å². The maximum absolute atomic E-state index is 12.2. The normalized spacial score (nSPS) is 13.4. The fourth-order valence-electron chi connectivity index (χ4n) is 2.39. The van der Waals surface area contributed by atoms with Gasteiger partial charge in [-0.1, -0.05) is 0 Å². The summed E-state index contributed by atoms with van der Waals surface area (Å²) in [7, 11) is 0. The number of nitrogens with zero attached hydrogens (tertiary/aromatic N) is 5. The van der Waals surface area contributed by atoms with E-state index >= 15 is 0 Å². The molecule has 0 radical (unpaired) electrons. The van der Waals surface area contributed by atoms with E-state index in [1.807, 2.05) is 6.07 Å². The minimum atomic E-state index is -0.886. The summed E-state index contributed by atoms with van der Waals surface area (Å²) in [6.45, 7) is 0.681. The third-order valence-electron chi connectivity index (χ3n) is 3.60. The summed E-state index contributed by atoms with van der Waals surface area (Å²) in [5.41, 5.74) is 2.10. The van der Waals surface area contributed by atoms with E-state index in [1.165, 1.54) is 4.90 Å². The molecular weight excluding hydrogens is 424 g/mol. The van der Waals surface area contributed by atoms with E-state index in [1.54, 1.807) is 18.5 Å². The van der Waals surface area contributed by atoms with Gasteiger partial charge in [-0.2, -0.15) is 0 Å². The van der Waals surface area contributed by atoms with E-state index in [4.69, 9.17) is 4.74 Å². The molecule has 1 aromatic heterocycles. The summed E-state index contributed by atoms with van der Waals surface area (Å²) >= 11 is 3.49. The topological polar surface area (TPSA) is 132 Å². The van der Waals surface area contributed by atoms with Gasteiger partial charge in [0, 0.05) is 18.8 Å². The number of carbonyl (C=O) groups is 1. The van der Waals surface area contributed by atoms with Gasteiger partial charge in [0.15, 0.2) is 0 Å². The molecule has 0 saturated carbocycles. The minimum absolute atomic E-state index is 0.00567. The number of rotatable bonds is 6. The third kappa shape index (κ3) is 4.58. The number of ether oxygens (including phenoxy) is 1. The summed E-state index contributed by atoms with van der Waals surface area (Å²) < 4.78 is 5.81. The zero-order valence-corrected chi connectivity index (χ0v) is 15.6. The molecule has 1 amide bonds. The molecule has 1 N–H and O–H groups in total. The standard InChI is InChI=1S/C15H15BrN6O5/c16-12-10(2-3-11-13(12)18-5-4-17-11)20-14-19-6-7-21(14)15(23)26-8-1-9-27-22(24)25/h2-5H,1,6-9H2,(H,19,20). The summed E-state index contributed by atoms with van der Waals surface area (Å²) in [4.78, 5) is 40.6. The van der Waals surface area contributed by atoms with Crippen LogP contribution in [0.25, 0.3) is 11.0 Å². The Morgan fingerprint density at radius 1 is 1.33 bits per heavy atom. The van der Waals surface area contributed by atoms with Crippen molar-refractivity contribution in [2.45, 2.75) is 6.42 Å². The van der Waals surface area contributed by atoms with E-state index in [-0.39, 0.29) is 19.6 Å². The molecule has 1 aliphatic heterocycles. The number of anilines is 1. The Morgan fingerprint density at radius 3 is 2.96 bits per heavy atom. The smallest absolute Gasteiger partial charge is 0.416 e. The number of halogens is 1. The lowest BCUT2D eigenvalue weighted by atomic mass is 10.2. The average Bonchev–Trinajstić information content (AvgIpc) is 3.12. The van der Waals surface area contributed by atoms with Crippen molar-refractivity contribution in [2.75, 3.05) is 31.6 Å². The van der Waals surface area contributed by atoms with Crippen LogP contribution < -0.4 is 5.32 Å². The molecule has 142 valence electrons. The highest BCUT2D eigenvalue weighted by atomic mass is 79.9. The zero-order valence-electron chi connectivity index (χ0n) is 14.0. The highest BCUT2D eigenvalue weighted by Crippen LogP contribution is 2.29. The van der Waals surface area contributed by atoms with E-state index in [2.05, 4.69) is 41.0 Å². The van der Waals surface area contributed by atoms with E-state index in [9.17, 15) is 14.9 Å². The first-order chi connectivity index (χ1) is 13.1. The molecule has 0 aliphatic carbocycles. The van der Waals surface area contributed by atoms with Crippen LogP contribution in [0, 0.1) is 10.1 Å². The Kier molecular flexibility index (Phi) is 5.96. The Morgan fingerprint density at radius 2 is 2.15 bits per heavy atom. The van der Waals surface area contributed by atoms with E-state index < -0.39 is 11.2 Å². The minimum Gasteiger partial charge on any atom is -0.449 e. The van der Waals surface area contributed by atoms with Crippen LogP contribution in [0.15, 0.2) is 34.0 Å². The van der Waals surface area contributed by atoms with Crippen molar-refractivity contribution in [1.82, 2.24) is 14.9 Å². The molecule has 0 fully saturated rings. The predicted octanol–water partition coefficient (Wildman–Crippen LogP) is 2.21. The second-order valence-corrected chi connectivity index (χ2v) is 6.15. The van der Waals surface area contributed by atoms with Gasteiger partial charge in [-0.25, -0.2) is 9.69 Å². The van der Waals surface area contributed by atoms with E-state index in [0.29, 0.717) is 34.7 Å². The molecule has 11 nitrogen and oxygen atoms in total. The molecular formula is C15H15BrN6O5. The molecule has 3 rings (SSSR count). The van der Waals surface area contributed by atoms with Gasteiger partial charge >= 0.3 is 6.09 Å². The average molecular weight is 439 g/mol. The predicted molar refractivity (Wildman–Crippen MR) is 98.8 cm³/mol. The second-order valence-electron chi connectivity index (χ2n) is 5.36. The molecule has 1 aromatic carbocycles. The number of aromatic nitrogens is 2. The number of benzene rings is 1. The molecule has 0 saturated heterocycles. The highest BCUT2D eigenvalue weighted by Gasteiger charge is 2.26. The van der Waals surface area contributed by atoms with Gasteiger partial charge in [0.2, 0.25) is 5.96 Å². The fourth-order valence-corrected chi connectivity index (χ4v) is 2.92. The van der Waals surface area contributed by atoms with E-state index in [0.717, 1.165) is 5.52 Å². The van der Waals surface area contributed by atoms with Crippen LogP contribution in [0.5, 0.6) is 0 Å². The van der Waals surface area contributed by atoms with Crippen LogP contribution in [0.1, 0.15) is 6.42 Å². The molecule has 0 unspecified atom stereocenters. The SMILES string of the molecule is O=C(OCCCO[N+](=O)[O-])N1CCN=C1Nc1ccc2nccnc2c1Br. The quantitative estimate of drug-likeness (QED) is 0.412. The molecule has 2 aromatic rings. The largest absolute Gasteiger partial charge is 0.449 e. The molecule has 0 atom stereocenters. The van der Waals surface area contributed by atoms with Crippen LogP contribution >= 0.6 is 15.9 Å². The summed E-state index contributed by atoms with van der Waals surface area (Å²) in [6, 6.07) is 3.61. The van der Waals surface area contributed by atoms with Crippen molar-refractivity contribution in [3.8, 4) is 0 Å². The second kappa shape index (κ2) is 8.58. The summed E-state index contributed by atoms with van der Waals surface area (Å²) in [6.07, 6.45) is 2.83. The number of guanidine groups is 1. The fraction of sp³-hybridized carbons (Fsp3) is 0.333. The monoisotopic (exact) mass is 438 g/mol. The molecule has 12 heteroatoms. The number of carbonyl (C=O) groups excluding carboxylic acids is 1. The van der Waals surface area contributed by atoms with Crippen LogP contribution in [-0.2, 0) is 9.57 Å². The maximum Gasteiger partial charge on any atom is 0.416 e. The number of hydrogen-bond donors (Lipinski definition) is 1. The molecule has 27 heavy (non-hydrogen) atoms. The first-order valence-electron chi connectivity index (χ1n) is 7.98. The van der Waals surface area contributed by atoms with Crippen molar-refractivity contribution in [1.29, 1.82) is 0 Å². The van der Waals surface area contributed by atoms with Crippen molar-refractivity contribution in [3.05, 3.63) is 39.1 Å². The summed E-state index contributed by atoms with van der Waals surface area (Å²) in [5.74, 6) is 0.352. The van der Waals surface area contributed by atoms with Gasteiger partial charge < -0.3 is 14.9 Å². The van der Waals surface area contributed by atoms with Gasteiger partial charge in [-0.15, -0.1) is 10.1 Å². The van der Waals surface area contributed by atoms with Crippen molar-refractivity contribution in [3.63, 3.8) is 0 Å². The molecule has 1 aliphatic rings. The molecule has 2 heterocycles. The lowest BCUT2D eigenvalue weighted by molar-refractivity contribution is -0.757. The van der Waals surface area contributed by atoms with Crippen molar-refractivity contribution < 1.29 is 19.5 Å². The third-order valence-corrected chi connectivity index (χ3v) is 4.40. The Hall–Kier alpha value is -3.02. The van der Waals surface area contributed by atoms with Crippen LogP contribution in [0.4, 0.5) is 10.5 Å². The van der Waals surface area contributed by atoms with Crippen LogP contribution in [0.2, 0.25) is 0 Å². The Balaban J connectivity index is 1.61. The number of fused-ring (bicyclic) bond motifs is 1. The van der Waals surface area contributed by atoms with Gasteiger partial charge in [0.05, 0.1) is 42.0 Å². The van der Waals surface area contributed by atoms with Crippen LogP contribution in [-0.4, -0.2) is 58.3 Å². The van der Waals surface area contributed by atoms with Gasteiger partial charge in [-0.05, 0) is 28.1 Å². The number of amides is 1. The van der Waals surface area contributed by atoms with Gasteiger partial charge in [-0.3, -0.25) is 15.0 Å². The van der Waals surface area contributed by atoms with Crippen molar-refractivity contribution >= 4 is 44.7 Å². The Labute approximate surface area is 161 Å². The van der Waals surface area contributed by atoms with Gasteiger partial charge in [0.1, 0.15) is 5.52 Å². The lowest BCUT2D eigenvalue weighted by Gasteiger charge is -2.19. The number of hydrogen-bond acceptors (Lipinski definition) is 9. The zero-order chi connectivity index (χ0) is 19.2. The first kappa shape index (κ1) is 18.8. The number of nitrogens with one attached hydrogen (secondary N) is 1. The molecule has 0 spiro atoms. The van der Waals surface area contributed by atoms with Gasteiger partial charge in [0.25, 0.3) is 5.09 Å². The highest BCUT2D eigenvalue weighted by molar-refractivity contribution is 9.10. The maximum atomic E-state index is 12.2. The number of aliphatic imine (C=N–C) groups is 1. The Bertz CT molecular complexity index is 892. The lowest BCUT2D eigenvalue weighted by Crippen LogP contribution is -2.39. The van der Waals surface area contributed by atoms with Crippen LogP contribution in [0.3, 0.4) is 0 Å².